The summed E-state index contributed by atoms with van der Waals surface area (Å²) >= 11 is 12.2. The summed E-state index contributed by atoms with van der Waals surface area (Å²) in [6.45, 7) is 0. The predicted molar refractivity (Wildman–Crippen MR) is 107 cm³/mol. The van der Waals surface area contributed by atoms with Gasteiger partial charge in [0.25, 0.3) is 0 Å². The second-order valence-electron chi connectivity index (χ2n) is 5.64. The molecule has 2 N–H and O–H groups in total. The largest absolute Gasteiger partial charge is 0.368 e. The number of nitrogen functional groups attached to an aromatic ring is 1. The second-order valence-corrected chi connectivity index (χ2v) is 6.44. The van der Waals surface area contributed by atoms with Crippen molar-refractivity contribution in [1.29, 1.82) is 0 Å². The second kappa shape index (κ2) is 6.78. The van der Waals surface area contributed by atoms with Gasteiger partial charge in [-0.2, -0.15) is 5.10 Å². The van der Waals surface area contributed by atoms with E-state index in [0.29, 0.717) is 21.4 Å². The number of anilines is 1. The molecular weight excluding hydrogens is 369 g/mol. The normalized spacial score (nSPS) is 11.5. The summed E-state index contributed by atoms with van der Waals surface area (Å²) < 4.78 is 1.50. The van der Waals surface area contributed by atoms with Gasteiger partial charge in [-0.1, -0.05) is 53.5 Å². The fourth-order valence-corrected chi connectivity index (χ4v) is 2.88. The number of imidazole rings is 1. The number of pyridine rings is 1. The van der Waals surface area contributed by atoms with Gasteiger partial charge < -0.3 is 5.73 Å². The molecule has 0 radical (unpaired) electrons. The molecule has 2 heterocycles. The molecule has 2 aromatic carbocycles. The average Bonchev–Trinajstić information content (AvgIpc) is 3.01. The molecule has 0 fully saturated rings. The first-order chi connectivity index (χ1) is 12.6. The topological polar surface area (TPSA) is 69.1 Å². The summed E-state index contributed by atoms with van der Waals surface area (Å²) in [4.78, 5) is 8.71. The van der Waals surface area contributed by atoms with Crippen molar-refractivity contribution in [3.63, 3.8) is 0 Å². The van der Waals surface area contributed by atoms with E-state index in [0.717, 1.165) is 16.5 Å². The van der Waals surface area contributed by atoms with Gasteiger partial charge >= 0.3 is 0 Å². The van der Waals surface area contributed by atoms with Gasteiger partial charge in [0, 0.05) is 21.5 Å². The van der Waals surface area contributed by atoms with Crippen LogP contribution in [0.15, 0.2) is 65.9 Å². The minimum atomic E-state index is 0.274. The minimum Gasteiger partial charge on any atom is -0.368 e. The summed E-state index contributed by atoms with van der Waals surface area (Å²) in [6.07, 6.45) is 3.36. The Morgan fingerprint density at radius 2 is 1.77 bits per heavy atom. The van der Waals surface area contributed by atoms with Crippen LogP contribution in [0.1, 0.15) is 5.56 Å². The maximum absolute atomic E-state index is 6.25. The molecule has 0 aliphatic carbocycles. The van der Waals surface area contributed by atoms with E-state index < -0.39 is 0 Å². The molecular formula is C19H13Cl2N5. The zero-order valence-corrected chi connectivity index (χ0v) is 15.0. The highest BCUT2D eigenvalue weighted by atomic mass is 35.5. The van der Waals surface area contributed by atoms with Crippen LogP contribution in [0.5, 0.6) is 0 Å². The van der Waals surface area contributed by atoms with Crippen molar-refractivity contribution in [3.8, 4) is 11.3 Å². The Kier molecular flexibility index (Phi) is 4.32. The van der Waals surface area contributed by atoms with Gasteiger partial charge in [-0.3, -0.25) is 0 Å². The van der Waals surface area contributed by atoms with Gasteiger partial charge in [0.2, 0.25) is 5.95 Å². The summed E-state index contributed by atoms with van der Waals surface area (Å²) in [5.74, 6) is 0.274. The number of para-hydroxylation sites is 1. The number of hydrogen-bond donors (Lipinski definition) is 1. The van der Waals surface area contributed by atoms with Crippen molar-refractivity contribution in [2.75, 3.05) is 5.73 Å². The van der Waals surface area contributed by atoms with Gasteiger partial charge in [-0.05, 0) is 24.3 Å². The predicted octanol–water partition coefficient (Wildman–Crippen LogP) is 4.87. The number of nitrogens with zero attached hydrogens (tertiary/aromatic N) is 4. The van der Waals surface area contributed by atoms with Gasteiger partial charge in [-0.25, -0.2) is 14.6 Å². The Balaban J connectivity index is 1.67. The third kappa shape index (κ3) is 3.27. The van der Waals surface area contributed by atoms with E-state index in [1.807, 2.05) is 42.5 Å². The monoisotopic (exact) mass is 381 g/mol. The van der Waals surface area contributed by atoms with Crippen molar-refractivity contribution >= 4 is 46.3 Å². The molecule has 0 atom stereocenters. The van der Waals surface area contributed by atoms with E-state index in [1.165, 1.54) is 4.68 Å². The number of nitrogens with two attached hydrogens (primary N) is 1. The van der Waals surface area contributed by atoms with Crippen molar-refractivity contribution in [2.24, 2.45) is 5.10 Å². The molecule has 26 heavy (non-hydrogen) atoms. The van der Waals surface area contributed by atoms with E-state index in [4.69, 9.17) is 28.9 Å². The lowest BCUT2D eigenvalue weighted by molar-refractivity contribution is 0.898. The quantitative estimate of drug-likeness (QED) is 0.406. The number of aromatic nitrogens is 3. The zero-order chi connectivity index (χ0) is 18.1. The number of rotatable bonds is 3. The molecule has 0 amide bonds. The van der Waals surface area contributed by atoms with Crippen LogP contribution in [-0.4, -0.2) is 20.9 Å². The molecule has 0 bridgehead atoms. The van der Waals surface area contributed by atoms with Crippen molar-refractivity contribution < 1.29 is 0 Å². The Hall–Kier alpha value is -2.89. The van der Waals surface area contributed by atoms with Crippen LogP contribution in [0.3, 0.4) is 0 Å². The maximum Gasteiger partial charge on any atom is 0.221 e. The first-order valence-corrected chi connectivity index (χ1v) is 8.56. The van der Waals surface area contributed by atoms with Crippen LogP contribution in [-0.2, 0) is 0 Å². The Morgan fingerprint density at radius 1 is 1.00 bits per heavy atom. The Morgan fingerprint density at radius 3 is 2.58 bits per heavy atom. The molecule has 4 rings (SSSR count). The standard InChI is InChI=1S/C19H13Cl2N5/c20-15-7-5-12(6-8-15)17-11-26(19(22)25-17)23-10-14-9-13-3-1-2-4-16(13)24-18(14)21/h1-11H,(H2,22,25)/b23-10+. The molecule has 128 valence electrons. The summed E-state index contributed by atoms with van der Waals surface area (Å²) in [5.41, 5.74) is 9.11. The van der Waals surface area contributed by atoms with E-state index >= 15 is 0 Å². The smallest absolute Gasteiger partial charge is 0.221 e. The fraction of sp³-hybridized carbons (Fsp3) is 0. The Labute approximate surface area is 159 Å². The van der Waals surface area contributed by atoms with Crippen LogP contribution in [0, 0.1) is 0 Å². The van der Waals surface area contributed by atoms with Crippen LogP contribution in [0.4, 0.5) is 5.95 Å². The molecule has 0 aliphatic rings. The van der Waals surface area contributed by atoms with Gasteiger partial charge in [0.1, 0.15) is 5.15 Å². The van der Waals surface area contributed by atoms with Crippen LogP contribution in [0.2, 0.25) is 10.2 Å². The highest BCUT2D eigenvalue weighted by Gasteiger charge is 2.07. The molecule has 0 unspecified atom stereocenters. The summed E-state index contributed by atoms with van der Waals surface area (Å²) in [7, 11) is 0. The first kappa shape index (κ1) is 16.6. The van der Waals surface area contributed by atoms with Crippen LogP contribution >= 0.6 is 23.2 Å². The lowest BCUT2D eigenvalue weighted by atomic mass is 10.2. The lowest BCUT2D eigenvalue weighted by Gasteiger charge is -2.01. The minimum absolute atomic E-state index is 0.274. The number of fused-ring (bicyclic) bond motifs is 1. The molecule has 5 nitrogen and oxygen atoms in total. The maximum atomic E-state index is 6.25. The highest BCUT2D eigenvalue weighted by molar-refractivity contribution is 6.32. The molecule has 0 spiro atoms. The molecule has 0 saturated carbocycles. The summed E-state index contributed by atoms with van der Waals surface area (Å²) in [6, 6.07) is 17.0. The Bertz CT molecular complexity index is 1120. The van der Waals surface area contributed by atoms with Gasteiger partial charge in [-0.15, -0.1) is 0 Å². The van der Waals surface area contributed by atoms with Crippen molar-refractivity contribution in [2.45, 2.75) is 0 Å². The lowest BCUT2D eigenvalue weighted by Crippen LogP contribution is -1.97. The summed E-state index contributed by atoms with van der Waals surface area (Å²) in [5, 5.41) is 6.39. The molecule has 4 aromatic rings. The number of hydrogen-bond acceptors (Lipinski definition) is 4. The number of halogens is 2. The van der Waals surface area contributed by atoms with Crippen molar-refractivity contribution in [1.82, 2.24) is 14.6 Å². The first-order valence-electron chi connectivity index (χ1n) is 7.80. The third-order valence-corrected chi connectivity index (χ3v) is 4.43. The van der Waals surface area contributed by atoms with Crippen LogP contribution < -0.4 is 5.73 Å². The van der Waals surface area contributed by atoms with E-state index in [1.54, 1.807) is 24.5 Å². The molecule has 7 heteroatoms. The molecule has 0 aliphatic heterocycles. The van der Waals surface area contributed by atoms with E-state index in [-0.39, 0.29) is 5.95 Å². The number of benzene rings is 2. The fourth-order valence-electron chi connectivity index (χ4n) is 2.56. The average molecular weight is 382 g/mol. The third-order valence-electron chi connectivity index (χ3n) is 3.88. The van der Waals surface area contributed by atoms with E-state index in [9.17, 15) is 0 Å². The van der Waals surface area contributed by atoms with Crippen LogP contribution in [0.25, 0.3) is 22.2 Å². The van der Waals surface area contributed by atoms with Crippen molar-refractivity contribution in [3.05, 3.63) is 76.5 Å². The SMILES string of the molecule is Nc1nc(-c2ccc(Cl)cc2)cn1/N=C/c1cc2ccccc2nc1Cl. The highest BCUT2D eigenvalue weighted by Crippen LogP contribution is 2.22. The molecule has 0 saturated heterocycles. The molecule has 2 aromatic heterocycles. The van der Waals surface area contributed by atoms with Gasteiger partial charge in [0.15, 0.2) is 0 Å². The van der Waals surface area contributed by atoms with Gasteiger partial charge in [0.05, 0.1) is 23.6 Å². The zero-order valence-electron chi connectivity index (χ0n) is 13.5. The van der Waals surface area contributed by atoms with E-state index in [2.05, 4.69) is 15.1 Å².